The van der Waals surface area contributed by atoms with Crippen LogP contribution in [-0.4, -0.2) is 0 Å². The molecule has 0 radical (unpaired) electrons. The van der Waals surface area contributed by atoms with Crippen molar-refractivity contribution < 1.29 is 17.6 Å². The molecule has 0 bridgehead atoms. The average molecular weight is 208 g/mol. The number of nitrogen functional groups attached to an aromatic ring is 1. The Morgan fingerprint density at radius 2 is 1.86 bits per heavy atom. The maximum atomic E-state index is 13.0. The highest BCUT2D eigenvalue weighted by Crippen LogP contribution is 2.32. The third-order valence-electron chi connectivity index (χ3n) is 1.76. The highest BCUT2D eigenvalue weighted by atomic mass is 19.4. The van der Waals surface area contributed by atoms with Crippen LogP contribution in [0.2, 0.25) is 0 Å². The lowest BCUT2D eigenvalue weighted by molar-refractivity contribution is -0.137. The molecule has 1 aromatic carbocycles. The quantitative estimate of drug-likeness (QED) is 0.422. The fourth-order valence-corrected chi connectivity index (χ4v) is 1.09. The SMILES string of the molecule is Cc1cc(C(F)(F)F)cc(F)c1NN. The van der Waals surface area contributed by atoms with Gasteiger partial charge >= 0.3 is 6.18 Å². The van der Waals surface area contributed by atoms with E-state index >= 15 is 0 Å². The Kier molecular flexibility index (Phi) is 2.66. The summed E-state index contributed by atoms with van der Waals surface area (Å²) >= 11 is 0. The Hall–Kier alpha value is -1.30. The lowest BCUT2D eigenvalue weighted by Crippen LogP contribution is -2.13. The maximum absolute atomic E-state index is 13.0. The topological polar surface area (TPSA) is 38.0 Å². The third-order valence-corrected chi connectivity index (χ3v) is 1.76. The highest BCUT2D eigenvalue weighted by Gasteiger charge is 2.31. The van der Waals surface area contributed by atoms with E-state index in [1.807, 2.05) is 5.43 Å². The second-order valence-electron chi connectivity index (χ2n) is 2.79. The number of alkyl halides is 3. The molecule has 0 fully saturated rings. The molecular weight excluding hydrogens is 200 g/mol. The molecule has 2 nitrogen and oxygen atoms in total. The van der Waals surface area contributed by atoms with Gasteiger partial charge in [0, 0.05) is 0 Å². The van der Waals surface area contributed by atoms with Crippen molar-refractivity contribution in [2.24, 2.45) is 5.84 Å². The molecule has 0 aliphatic carbocycles. The standard InChI is InChI=1S/C8H8F4N2/c1-4-2-5(8(10,11)12)3-6(9)7(4)14-13/h2-3,14H,13H2,1H3. The van der Waals surface area contributed by atoms with Gasteiger partial charge in [-0.2, -0.15) is 13.2 Å². The summed E-state index contributed by atoms with van der Waals surface area (Å²) in [6.45, 7) is 1.34. The number of nitrogens with two attached hydrogens (primary N) is 1. The van der Waals surface area contributed by atoms with Crippen LogP contribution in [-0.2, 0) is 6.18 Å². The van der Waals surface area contributed by atoms with Crippen molar-refractivity contribution in [3.8, 4) is 0 Å². The molecule has 78 valence electrons. The van der Waals surface area contributed by atoms with Gasteiger partial charge in [0.1, 0.15) is 5.82 Å². The second kappa shape index (κ2) is 3.45. The van der Waals surface area contributed by atoms with Crippen molar-refractivity contribution in [3.05, 3.63) is 29.1 Å². The van der Waals surface area contributed by atoms with E-state index in [1.165, 1.54) is 6.92 Å². The van der Waals surface area contributed by atoms with Crippen LogP contribution < -0.4 is 11.3 Å². The van der Waals surface area contributed by atoms with Crippen molar-refractivity contribution >= 4 is 5.69 Å². The molecule has 0 unspecified atom stereocenters. The number of hydrogen-bond acceptors (Lipinski definition) is 2. The second-order valence-corrected chi connectivity index (χ2v) is 2.79. The highest BCUT2D eigenvalue weighted by molar-refractivity contribution is 5.52. The molecule has 6 heteroatoms. The van der Waals surface area contributed by atoms with Gasteiger partial charge in [-0.3, -0.25) is 5.84 Å². The van der Waals surface area contributed by atoms with Crippen LogP contribution in [0, 0.1) is 12.7 Å². The molecule has 0 amide bonds. The van der Waals surface area contributed by atoms with Crippen molar-refractivity contribution in [1.82, 2.24) is 0 Å². The lowest BCUT2D eigenvalue weighted by Gasteiger charge is -2.11. The van der Waals surface area contributed by atoms with Crippen LogP contribution >= 0.6 is 0 Å². The van der Waals surface area contributed by atoms with E-state index in [9.17, 15) is 17.6 Å². The van der Waals surface area contributed by atoms with E-state index in [0.717, 1.165) is 6.07 Å². The minimum absolute atomic E-state index is 0.111. The van der Waals surface area contributed by atoms with E-state index in [1.54, 1.807) is 0 Å². The van der Waals surface area contributed by atoms with E-state index in [4.69, 9.17) is 5.84 Å². The molecule has 14 heavy (non-hydrogen) atoms. The van der Waals surface area contributed by atoms with Gasteiger partial charge in [-0.05, 0) is 24.6 Å². The monoisotopic (exact) mass is 208 g/mol. The first-order chi connectivity index (χ1) is 6.36. The fourth-order valence-electron chi connectivity index (χ4n) is 1.09. The summed E-state index contributed by atoms with van der Waals surface area (Å²) in [6.07, 6.45) is -4.54. The Morgan fingerprint density at radius 1 is 1.29 bits per heavy atom. The summed E-state index contributed by atoms with van der Waals surface area (Å²) in [5, 5.41) is 0. The van der Waals surface area contributed by atoms with Crippen molar-refractivity contribution in [2.75, 3.05) is 5.43 Å². The van der Waals surface area contributed by atoms with Gasteiger partial charge < -0.3 is 5.43 Å². The number of hydrogen-bond donors (Lipinski definition) is 2. The molecule has 0 aliphatic rings. The number of halogens is 4. The predicted octanol–water partition coefficient (Wildman–Crippen LogP) is 2.44. The van der Waals surface area contributed by atoms with Crippen molar-refractivity contribution in [2.45, 2.75) is 13.1 Å². The summed E-state index contributed by atoms with van der Waals surface area (Å²) in [5.74, 6) is 3.93. The number of rotatable bonds is 1. The van der Waals surface area contributed by atoms with Crippen LogP contribution in [0.15, 0.2) is 12.1 Å². The molecule has 0 aromatic heterocycles. The van der Waals surface area contributed by atoms with Gasteiger partial charge in [0.15, 0.2) is 0 Å². The normalized spacial score (nSPS) is 11.6. The van der Waals surface area contributed by atoms with Crippen LogP contribution in [0.4, 0.5) is 23.2 Å². The molecule has 0 aliphatic heterocycles. The Morgan fingerprint density at radius 3 is 2.21 bits per heavy atom. The van der Waals surface area contributed by atoms with Crippen molar-refractivity contribution in [1.29, 1.82) is 0 Å². The van der Waals surface area contributed by atoms with E-state index in [2.05, 4.69) is 0 Å². The summed E-state index contributed by atoms with van der Waals surface area (Å²) in [4.78, 5) is 0. The van der Waals surface area contributed by atoms with E-state index < -0.39 is 17.6 Å². The Balaban J connectivity index is 3.28. The van der Waals surface area contributed by atoms with Crippen LogP contribution in [0.3, 0.4) is 0 Å². The van der Waals surface area contributed by atoms with Crippen molar-refractivity contribution in [3.63, 3.8) is 0 Å². The molecule has 0 saturated carbocycles. The number of nitrogens with one attached hydrogen (secondary N) is 1. The molecule has 3 N–H and O–H groups in total. The lowest BCUT2D eigenvalue weighted by atomic mass is 10.1. The zero-order valence-corrected chi connectivity index (χ0v) is 7.24. The Labute approximate surface area is 77.7 Å². The molecule has 0 heterocycles. The first-order valence-electron chi connectivity index (χ1n) is 3.70. The van der Waals surface area contributed by atoms with Gasteiger partial charge in [0.05, 0.1) is 11.3 Å². The number of benzene rings is 1. The van der Waals surface area contributed by atoms with Crippen LogP contribution in [0.1, 0.15) is 11.1 Å². The smallest absolute Gasteiger partial charge is 0.321 e. The van der Waals surface area contributed by atoms with Gasteiger partial charge in [-0.1, -0.05) is 0 Å². The Bertz CT molecular complexity index is 323. The minimum atomic E-state index is -4.54. The molecular formula is C8H8F4N2. The zero-order chi connectivity index (χ0) is 10.9. The maximum Gasteiger partial charge on any atom is 0.416 e. The number of anilines is 1. The van der Waals surface area contributed by atoms with Gasteiger partial charge in [-0.15, -0.1) is 0 Å². The third kappa shape index (κ3) is 1.95. The summed E-state index contributed by atoms with van der Waals surface area (Å²) in [6, 6.07) is 1.24. The van der Waals surface area contributed by atoms with E-state index in [0.29, 0.717) is 6.07 Å². The molecule has 1 rings (SSSR count). The molecule has 0 spiro atoms. The summed E-state index contributed by atoms with van der Waals surface area (Å²) < 4.78 is 49.5. The van der Waals surface area contributed by atoms with E-state index in [-0.39, 0.29) is 11.3 Å². The van der Waals surface area contributed by atoms with Crippen LogP contribution in [0.5, 0.6) is 0 Å². The van der Waals surface area contributed by atoms with Crippen LogP contribution in [0.25, 0.3) is 0 Å². The van der Waals surface area contributed by atoms with Gasteiger partial charge in [0.2, 0.25) is 0 Å². The zero-order valence-electron chi connectivity index (χ0n) is 7.24. The number of aryl methyl sites for hydroxylation is 1. The average Bonchev–Trinajstić information content (AvgIpc) is 2.01. The first kappa shape index (κ1) is 10.8. The molecule has 0 atom stereocenters. The number of hydrazine groups is 1. The summed E-state index contributed by atoms with van der Waals surface area (Å²) in [5.41, 5.74) is 0.962. The van der Waals surface area contributed by atoms with Gasteiger partial charge in [-0.25, -0.2) is 4.39 Å². The first-order valence-corrected chi connectivity index (χ1v) is 3.70. The predicted molar refractivity (Wildman–Crippen MR) is 43.9 cm³/mol. The summed E-state index contributed by atoms with van der Waals surface area (Å²) in [7, 11) is 0. The molecule has 0 saturated heterocycles. The minimum Gasteiger partial charge on any atom is -0.321 e. The largest absolute Gasteiger partial charge is 0.416 e. The fraction of sp³-hybridized carbons (Fsp3) is 0.250. The van der Waals surface area contributed by atoms with Gasteiger partial charge in [0.25, 0.3) is 0 Å². The molecule has 1 aromatic rings.